The molecule has 0 saturated carbocycles. The van der Waals surface area contributed by atoms with Crippen molar-refractivity contribution in [1.82, 2.24) is 9.84 Å². The number of hydrogen-bond acceptors (Lipinski definition) is 5. The second kappa shape index (κ2) is 3.69. The smallest absolute Gasteiger partial charge is 0.395 e. The van der Waals surface area contributed by atoms with Gasteiger partial charge in [0, 0.05) is 18.8 Å². The number of hydrazine groups is 1. The van der Waals surface area contributed by atoms with Gasteiger partial charge in [-0.05, 0) is 24.3 Å². The molecule has 0 unspecified atom stereocenters. The summed E-state index contributed by atoms with van der Waals surface area (Å²) in [6.45, 7) is 1.43. The van der Waals surface area contributed by atoms with E-state index in [9.17, 15) is 8.42 Å². The van der Waals surface area contributed by atoms with Gasteiger partial charge in [-0.3, -0.25) is 0 Å². The van der Waals surface area contributed by atoms with Gasteiger partial charge in [-0.15, -0.1) is 4.83 Å². The first-order valence-corrected chi connectivity index (χ1v) is 5.78. The maximum Gasteiger partial charge on any atom is 0.395 e. The van der Waals surface area contributed by atoms with Crippen molar-refractivity contribution in [2.45, 2.75) is 0 Å². The minimum Gasteiger partial charge on any atom is -0.399 e. The number of nitrogens with zero attached hydrogens (tertiary/aromatic N) is 1. The molecule has 0 spiro atoms. The number of hydrogen-bond donors (Lipinski definition) is 2. The average Bonchev–Trinajstić information content (AvgIpc) is 2.91. The highest BCUT2D eigenvalue weighted by Crippen LogP contribution is 2.15. The van der Waals surface area contributed by atoms with Crippen LogP contribution in [0.4, 0.5) is 5.69 Å². The van der Waals surface area contributed by atoms with Crippen LogP contribution in [0.5, 0.6) is 5.75 Å². The molecule has 6 nitrogen and oxygen atoms in total. The Kier molecular flexibility index (Phi) is 2.51. The lowest BCUT2D eigenvalue weighted by Crippen LogP contribution is -2.32. The summed E-state index contributed by atoms with van der Waals surface area (Å²) < 4.78 is 27.4. The van der Waals surface area contributed by atoms with E-state index in [0.29, 0.717) is 18.8 Å². The standard InChI is InChI=1S/C8H11N3O3S/c9-7-1-3-8(4-2-7)14-15(12,13)10-11-5-6-11/h1-4,10H,5-6,9H2. The van der Waals surface area contributed by atoms with Crippen LogP contribution in [0.15, 0.2) is 24.3 Å². The number of nitrogens with one attached hydrogen (secondary N) is 1. The Bertz CT molecular complexity index is 439. The minimum absolute atomic E-state index is 0.235. The van der Waals surface area contributed by atoms with Gasteiger partial charge in [-0.25, -0.2) is 5.01 Å². The van der Waals surface area contributed by atoms with Crippen LogP contribution in [0.25, 0.3) is 0 Å². The van der Waals surface area contributed by atoms with Crippen molar-refractivity contribution in [2.24, 2.45) is 0 Å². The molecule has 0 amide bonds. The number of nitrogen functional groups attached to an aromatic ring is 1. The molecule has 82 valence electrons. The first-order valence-electron chi connectivity index (χ1n) is 4.37. The molecule has 0 atom stereocenters. The molecule has 0 aliphatic carbocycles. The Hall–Kier alpha value is -1.31. The van der Waals surface area contributed by atoms with Crippen molar-refractivity contribution in [1.29, 1.82) is 0 Å². The van der Waals surface area contributed by atoms with E-state index in [4.69, 9.17) is 9.92 Å². The van der Waals surface area contributed by atoms with E-state index in [0.717, 1.165) is 0 Å². The highest BCUT2D eigenvalue weighted by molar-refractivity contribution is 7.85. The van der Waals surface area contributed by atoms with Crippen LogP contribution in [0, 0.1) is 0 Å². The number of benzene rings is 1. The highest BCUT2D eigenvalue weighted by Gasteiger charge is 2.24. The lowest BCUT2D eigenvalue weighted by atomic mass is 10.3. The van der Waals surface area contributed by atoms with Gasteiger partial charge in [0.05, 0.1) is 0 Å². The zero-order valence-electron chi connectivity index (χ0n) is 7.88. The van der Waals surface area contributed by atoms with Gasteiger partial charge < -0.3 is 9.92 Å². The van der Waals surface area contributed by atoms with E-state index in [1.54, 1.807) is 12.1 Å². The van der Waals surface area contributed by atoms with Crippen LogP contribution in [0.1, 0.15) is 0 Å². The summed E-state index contributed by atoms with van der Waals surface area (Å²) in [6, 6.07) is 6.14. The molecule has 1 heterocycles. The Balaban J connectivity index is 2.03. The normalized spacial score (nSPS) is 16.3. The third-order valence-corrected chi connectivity index (χ3v) is 2.67. The molecule has 2 rings (SSSR count). The van der Waals surface area contributed by atoms with Crippen molar-refractivity contribution in [3.8, 4) is 5.75 Å². The average molecular weight is 229 g/mol. The van der Waals surface area contributed by atoms with Gasteiger partial charge in [0.1, 0.15) is 5.75 Å². The number of nitrogens with two attached hydrogens (primary N) is 1. The second-order valence-corrected chi connectivity index (χ2v) is 4.44. The van der Waals surface area contributed by atoms with Crippen LogP contribution >= 0.6 is 0 Å². The van der Waals surface area contributed by atoms with E-state index >= 15 is 0 Å². The summed E-state index contributed by atoms with van der Waals surface area (Å²) in [6.07, 6.45) is 0. The molecule has 1 aromatic carbocycles. The molecule has 1 aromatic rings. The summed E-state index contributed by atoms with van der Waals surface area (Å²) in [4.78, 5) is 2.25. The minimum atomic E-state index is -3.75. The molecule has 1 fully saturated rings. The van der Waals surface area contributed by atoms with E-state index in [2.05, 4.69) is 4.83 Å². The van der Waals surface area contributed by atoms with Crippen LogP contribution in [0.2, 0.25) is 0 Å². The van der Waals surface area contributed by atoms with Crippen molar-refractivity contribution in [2.75, 3.05) is 18.8 Å². The molecule has 15 heavy (non-hydrogen) atoms. The quantitative estimate of drug-likeness (QED) is 0.547. The van der Waals surface area contributed by atoms with Crippen LogP contribution in [-0.4, -0.2) is 26.5 Å². The maximum atomic E-state index is 11.3. The number of rotatable bonds is 4. The maximum absolute atomic E-state index is 11.3. The molecule has 3 N–H and O–H groups in total. The Morgan fingerprint density at radius 1 is 1.27 bits per heavy atom. The van der Waals surface area contributed by atoms with Crippen molar-refractivity contribution >= 4 is 16.0 Å². The summed E-state index contributed by atoms with van der Waals surface area (Å²) in [7, 11) is -3.75. The summed E-state index contributed by atoms with van der Waals surface area (Å²) in [5.74, 6) is 0.235. The zero-order valence-corrected chi connectivity index (χ0v) is 8.70. The molecular weight excluding hydrogens is 218 g/mol. The first-order chi connectivity index (χ1) is 7.05. The van der Waals surface area contributed by atoms with E-state index in [-0.39, 0.29) is 5.75 Å². The third kappa shape index (κ3) is 3.08. The Morgan fingerprint density at radius 2 is 1.87 bits per heavy atom. The van der Waals surface area contributed by atoms with Crippen molar-refractivity contribution < 1.29 is 12.6 Å². The lowest BCUT2D eigenvalue weighted by molar-refractivity contribution is 0.417. The largest absolute Gasteiger partial charge is 0.399 e. The van der Waals surface area contributed by atoms with Gasteiger partial charge in [-0.1, -0.05) is 0 Å². The molecule has 1 saturated heterocycles. The monoisotopic (exact) mass is 229 g/mol. The summed E-state index contributed by atoms with van der Waals surface area (Å²) >= 11 is 0. The van der Waals surface area contributed by atoms with E-state index in [1.807, 2.05) is 0 Å². The summed E-state index contributed by atoms with van der Waals surface area (Å²) in [5, 5.41) is 1.52. The van der Waals surface area contributed by atoms with Crippen LogP contribution < -0.4 is 14.7 Å². The Labute approximate surface area is 87.9 Å². The van der Waals surface area contributed by atoms with Crippen LogP contribution in [0.3, 0.4) is 0 Å². The van der Waals surface area contributed by atoms with Gasteiger partial charge in [0.15, 0.2) is 0 Å². The van der Waals surface area contributed by atoms with E-state index in [1.165, 1.54) is 17.1 Å². The predicted molar refractivity (Wildman–Crippen MR) is 55.1 cm³/mol. The Morgan fingerprint density at radius 3 is 2.40 bits per heavy atom. The van der Waals surface area contributed by atoms with Crippen molar-refractivity contribution in [3.05, 3.63) is 24.3 Å². The fraction of sp³-hybridized carbons (Fsp3) is 0.250. The van der Waals surface area contributed by atoms with Gasteiger partial charge >= 0.3 is 10.3 Å². The SMILES string of the molecule is Nc1ccc(OS(=O)(=O)NN2CC2)cc1. The fourth-order valence-electron chi connectivity index (χ4n) is 0.968. The summed E-state index contributed by atoms with van der Waals surface area (Å²) in [5.41, 5.74) is 6.01. The highest BCUT2D eigenvalue weighted by atomic mass is 32.2. The number of anilines is 1. The van der Waals surface area contributed by atoms with Gasteiger partial charge in [-0.2, -0.15) is 8.42 Å². The van der Waals surface area contributed by atoms with Crippen LogP contribution in [-0.2, 0) is 10.3 Å². The molecule has 1 aliphatic heterocycles. The third-order valence-electron chi connectivity index (χ3n) is 1.77. The molecule has 0 radical (unpaired) electrons. The molecule has 0 aromatic heterocycles. The topological polar surface area (TPSA) is 84.4 Å². The molecule has 7 heteroatoms. The van der Waals surface area contributed by atoms with Crippen molar-refractivity contribution in [3.63, 3.8) is 0 Å². The fourth-order valence-corrected chi connectivity index (χ4v) is 1.87. The van der Waals surface area contributed by atoms with E-state index < -0.39 is 10.3 Å². The lowest BCUT2D eigenvalue weighted by Gasteiger charge is -2.07. The zero-order chi connectivity index (χ0) is 10.9. The van der Waals surface area contributed by atoms with Gasteiger partial charge in [0.2, 0.25) is 0 Å². The molecule has 0 bridgehead atoms. The predicted octanol–water partition coefficient (Wildman–Crippen LogP) is -0.287. The second-order valence-electron chi connectivity index (χ2n) is 3.18. The molecular formula is C8H11N3O3S. The van der Waals surface area contributed by atoms with Gasteiger partial charge in [0.25, 0.3) is 0 Å². The molecule has 1 aliphatic rings. The first kappa shape index (κ1) is 10.2.